The van der Waals surface area contributed by atoms with Crippen LogP contribution in [0, 0.1) is 17.1 Å². The van der Waals surface area contributed by atoms with Crippen molar-refractivity contribution in [3.8, 4) is 6.07 Å². The minimum atomic E-state index is -4.79. The molecule has 2 N–H and O–H groups in total. The summed E-state index contributed by atoms with van der Waals surface area (Å²) in [7, 11) is 0. The van der Waals surface area contributed by atoms with Gasteiger partial charge < -0.3 is 10.5 Å². The van der Waals surface area contributed by atoms with Crippen LogP contribution < -0.4 is 15.5 Å². The summed E-state index contributed by atoms with van der Waals surface area (Å²) in [5.74, 6) is -1.88. The number of rotatable bonds is 3. The number of primary amides is 1. The van der Waals surface area contributed by atoms with Crippen LogP contribution in [0.15, 0.2) is 36.4 Å². The molecular weight excluding hydrogens is 432 g/mol. The number of halogens is 4. The highest BCUT2D eigenvalue weighted by Gasteiger charge is 2.49. The molecule has 0 unspecified atom stereocenters. The summed E-state index contributed by atoms with van der Waals surface area (Å²) < 4.78 is 60.2. The highest BCUT2D eigenvalue weighted by molar-refractivity contribution is 6.08. The number of hydrogen-bond donors (Lipinski definition) is 1. The molecule has 2 aromatic carbocycles. The van der Waals surface area contributed by atoms with Crippen molar-refractivity contribution in [2.24, 2.45) is 5.73 Å². The van der Waals surface area contributed by atoms with E-state index < -0.39 is 47.1 Å². The first-order valence-electron chi connectivity index (χ1n) is 9.54. The molecule has 2 aliphatic rings. The highest BCUT2D eigenvalue weighted by atomic mass is 19.4. The molecule has 0 spiro atoms. The van der Waals surface area contributed by atoms with Crippen LogP contribution in [0.3, 0.4) is 0 Å². The first-order valence-corrected chi connectivity index (χ1v) is 9.54. The molecule has 32 heavy (non-hydrogen) atoms. The Labute approximate surface area is 179 Å². The molecule has 0 radical (unpaired) electrons. The molecule has 2 fully saturated rings. The summed E-state index contributed by atoms with van der Waals surface area (Å²) in [4.78, 5) is 27.1. The fourth-order valence-corrected chi connectivity index (χ4v) is 4.13. The third kappa shape index (κ3) is 3.52. The number of nitriles is 1. The van der Waals surface area contributed by atoms with E-state index in [0.29, 0.717) is 13.0 Å². The first kappa shape index (κ1) is 21.6. The maximum absolute atomic E-state index is 14.4. The number of nitrogens with two attached hydrogens (primary N) is 1. The Bertz CT molecular complexity index is 1140. The molecular formula is C21H16F4N4O3. The molecule has 2 heterocycles. The normalized spacial score (nSPS) is 20.8. The van der Waals surface area contributed by atoms with Crippen LogP contribution in [0.1, 0.15) is 27.9 Å². The van der Waals surface area contributed by atoms with Crippen molar-refractivity contribution >= 4 is 23.3 Å². The Morgan fingerprint density at radius 1 is 1.12 bits per heavy atom. The average Bonchev–Trinajstić information content (AvgIpc) is 3.04. The van der Waals surface area contributed by atoms with Crippen LogP contribution in [-0.4, -0.2) is 37.2 Å². The highest BCUT2D eigenvalue weighted by Crippen LogP contribution is 2.40. The number of amides is 3. The van der Waals surface area contributed by atoms with Crippen molar-refractivity contribution < 1.29 is 31.9 Å². The maximum Gasteiger partial charge on any atom is 0.417 e. The van der Waals surface area contributed by atoms with Crippen LogP contribution in [0.2, 0.25) is 0 Å². The Morgan fingerprint density at radius 3 is 2.41 bits per heavy atom. The lowest BCUT2D eigenvalue weighted by atomic mass is 10.0. The smallest absolute Gasteiger partial charge is 0.379 e. The van der Waals surface area contributed by atoms with Crippen LogP contribution >= 0.6 is 0 Å². The summed E-state index contributed by atoms with van der Waals surface area (Å²) in [6, 6.07) is 6.23. The molecule has 2 atom stereocenters. The standard InChI is InChI=1S/C21H16F4N4O3/c22-16-8-13(3-4-14(16)19(27)30)28-17-5-6-32-10-18(17)29(20(28)31)12-2-1-11(9-26)15(7-12)21(23,24)25/h1-4,7-8,17-18H,5-6,10H2,(H2,27,30)/t17-,18-/m0/s1. The second-order valence-electron chi connectivity index (χ2n) is 7.39. The number of hydrogen-bond acceptors (Lipinski definition) is 4. The van der Waals surface area contributed by atoms with E-state index in [-0.39, 0.29) is 23.5 Å². The van der Waals surface area contributed by atoms with Gasteiger partial charge in [-0.15, -0.1) is 0 Å². The summed E-state index contributed by atoms with van der Waals surface area (Å²) in [6.45, 7) is 0.373. The van der Waals surface area contributed by atoms with Gasteiger partial charge >= 0.3 is 12.2 Å². The lowest BCUT2D eigenvalue weighted by molar-refractivity contribution is -0.137. The fraction of sp³-hybridized carbons (Fsp3) is 0.286. The van der Waals surface area contributed by atoms with Crippen molar-refractivity contribution in [1.82, 2.24) is 0 Å². The quantitative estimate of drug-likeness (QED) is 0.728. The molecule has 2 aliphatic heterocycles. The summed E-state index contributed by atoms with van der Waals surface area (Å²) in [5.41, 5.74) is 3.14. The molecule has 2 saturated heterocycles. The Morgan fingerprint density at radius 2 is 1.78 bits per heavy atom. The molecule has 7 nitrogen and oxygen atoms in total. The number of ether oxygens (including phenoxy) is 1. The summed E-state index contributed by atoms with van der Waals surface area (Å²) in [5, 5.41) is 9.03. The van der Waals surface area contributed by atoms with Crippen LogP contribution in [0.5, 0.6) is 0 Å². The first-order chi connectivity index (χ1) is 15.1. The predicted octanol–water partition coefficient (Wildman–Crippen LogP) is 3.42. The van der Waals surface area contributed by atoms with Crippen molar-refractivity contribution in [1.29, 1.82) is 5.26 Å². The third-order valence-electron chi connectivity index (χ3n) is 5.57. The van der Waals surface area contributed by atoms with E-state index in [0.717, 1.165) is 24.3 Å². The van der Waals surface area contributed by atoms with Gasteiger partial charge in [-0.2, -0.15) is 18.4 Å². The van der Waals surface area contributed by atoms with Gasteiger partial charge in [0, 0.05) is 18.0 Å². The number of benzene rings is 2. The van der Waals surface area contributed by atoms with Gasteiger partial charge in [-0.05, 0) is 42.8 Å². The number of carbonyl (C=O) groups is 2. The minimum Gasteiger partial charge on any atom is -0.379 e. The van der Waals surface area contributed by atoms with Gasteiger partial charge in [-0.3, -0.25) is 14.6 Å². The minimum absolute atomic E-state index is 0.0569. The molecule has 2 aromatic rings. The average molecular weight is 448 g/mol. The molecule has 0 saturated carbocycles. The van der Waals surface area contributed by atoms with E-state index >= 15 is 0 Å². The topological polar surface area (TPSA) is 99.7 Å². The van der Waals surface area contributed by atoms with Crippen LogP contribution in [-0.2, 0) is 10.9 Å². The van der Waals surface area contributed by atoms with Crippen molar-refractivity contribution in [2.75, 3.05) is 23.0 Å². The fourth-order valence-electron chi connectivity index (χ4n) is 4.13. The number of carbonyl (C=O) groups excluding carboxylic acids is 2. The molecule has 4 rings (SSSR count). The Kier molecular flexibility index (Phi) is 5.26. The number of fused-ring (bicyclic) bond motifs is 1. The number of urea groups is 1. The second kappa shape index (κ2) is 7.80. The van der Waals surface area contributed by atoms with E-state index in [4.69, 9.17) is 15.7 Å². The zero-order valence-electron chi connectivity index (χ0n) is 16.4. The van der Waals surface area contributed by atoms with E-state index in [1.807, 2.05) is 0 Å². The van der Waals surface area contributed by atoms with Gasteiger partial charge in [0.05, 0.1) is 41.5 Å². The number of anilines is 2. The van der Waals surface area contributed by atoms with Crippen molar-refractivity contribution in [2.45, 2.75) is 24.7 Å². The molecule has 11 heteroatoms. The molecule has 0 aliphatic carbocycles. The van der Waals surface area contributed by atoms with E-state index in [2.05, 4.69) is 0 Å². The van der Waals surface area contributed by atoms with E-state index in [1.165, 1.54) is 28.0 Å². The van der Waals surface area contributed by atoms with E-state index in [1.54, 1.807) is 0 Å². The number of alkyl halides is 3. The van der Waals surface area contributed by atoms with Gasteiger partial charge in [0.1, 0.15) is 5.82 Å². The molecule has 0 aromatic heterocycles. The van der Waals surface area contributed by atoms with Gasteiger partial charge in [-0.25, -0.2) is 9.18 Å². The Balaban J connectivity index is 1.79. The van der Waals surface area contributed by atoms with Crippen molar-refractivity contribution in [3.63, 3.8) is 0 Å². The SMILES string of the molecule is N#Cc1ccc(N2C(=O)N(c3ccc(C(N)=O)c(F)c3)[C@H]3CCOC[C@@H]32)cc1C(F)(F)F. The lowest BCUT2D eigenvalue weighted by Gasteiger charge is -2.32. The zero-order chi connectivity index (χ0) is 23.2. The molecule has 166 valence electrons. The largest absolute Gasteiger partial charge is 0.417 e. The van der Waals surface area contributed by atoms with Crippen LogP contribution in [0.25, 0.3) is 0 Å². The van der Waals surface area contributed by atoms with Crippen molar-refractivity contribution in [3.05, 3.63) is 58.9 Å². The second-order valence-corrected chi connectivity index (χ2v) is 7.39. The van der Waals surface area contributed by atoms with Gasteiger partial charge in [0.25, 0.3) is 5.91 Å². The van der Waals surface area contributed by atoms with Gasteiger partial charge in [-0.1, -0.05) is 0 Å². The summed E-state index contributed by atoms with van der Waals surface area (Å²) in [6.07, 6.45) is -4.42. The Hall–Kier alpha value is -3.65. The van der Waals surface area contributed by atoms with Crippen LogP contribution in [0.4, 0.5) is 33.7 Å². The molecule has 3 amide bonds. The predicted molar refractivity (Wildman–Crippen MR) is 104 cm³/mol. The van der Waals surface area contributed by atoms with Gasteiger partial charge in [0.2, 0.25) is 0 Å². The maximum atomic E-state index is 14.4. The van der Waals surface area contributed by atoms with E-state index in [9.17, 15) is 27.2 Å². The zero-order valence-corrected chi connectivity index (χ0v) is 16.4. The van der Waals surface area contributed by atoms with Gasteiger partial charge in [0.15, 0.2) is 0 Å². The monoisotopic (exact) mass is 448 g/mol. The molecule has 0 bridgehead atoms. The third-order valence-corrected chi connectivity index (χ3v) is 5.57. The lowest BCUT2D eigenvalue weighted by Crippen LogP contribution is -2.45. The number of nitrogens with zero attached hydrogens (tertiary/aromatic N) is 3. The summed E-state index contributed by atoms with van der Waals surface area (Å²) >= 11 is 0.